The van der Waals surface area contributed by atoms with Gasteiger partial charge in [-0.15, -0.1) is 11.3 Å². The van der Waals surface area contributed by atoms with Crippen LogP contribution in [-0.2, 0) is 10.0 Å². The number of nitrogens with one attached hydrogen (secondary N) is 2. The summed E-state index contributed by atoms with van der Waals surface area (Å²) in [7, 11) is -4.45. The molecule has 30 heavy (non-hydrogen) atoms. The summed E-state index contributed by atoms with van der Waals surface area (Å²) in [5, 5.41) is 7.46. The maximum Gasteiger partial charge on any atom is 0.267 e. The molecule has 158 valence electrons. The van der Waals surface area contributed by atoms with Crippen molar-refractivity contribution in [3.8, 4) is 0 Å². The molecule has 0 atom stereocenters. The van der Waals surface area contributed by atoms with Crippen LogP contribution in [0.15, 0.2) is 33.0 Å². The topological polar surface area (TPSA) is 118 Å². The summed E-state index contributed by atoms with van der Waals surface area (Å²) < 4.78 is 63.9. The predicted octanol–water partition coefficient (Wildman–Crippen LogP) is 4.23. The van der Waals surface area contributed by atoms with Crippen molar-refractivity contribution in [2.75, 3.05) is 10.0 Å². The molecule has 10 heteroatoms. The maximum absolute atomic E-state index is 13.1. The zero-order valence-electron chi connectivity index (χ0n) is 20.5. The molecule has 0 aliphatic heterocycles. The highest BCUT2D eigenvalue weighted by Gasteiger charge is 2.27. The number of aryl methyl sites for hydroxylation is 2. The van der Waals surface area contributed by atoms with Gasteiger partial charge in [0.2, 0.25) is 5.88 Å². The molecular weight excluding hydrogens is 426 g/mol. The molecule has 0 saturated heterocycles. The number of sulfonamides is 1. The van der Waals surface area contributed by atoms with E-state index in [2.05, 4.69) is 15.2 Å². The first-order chi connectivity index (χ1) is 15.6. The fraction of sp³-hybridized carbons (Fsp3) is 0.250. The lowest BCUT2D eigenvalue weighted by Crippen LogP contribution is -2.20. The molecule has 0 bridgehead atoms. The van der Waals surface area contributed by atoms with Gasteiger partial charge in [0.1, 0.15) is 9.77 Å². The number of aromatic nitrogens is 1. The van der Waals surface area contributed by atoms with Crippen molar-refractivity contribution < 1.29 is 28.0 Å². The van der Waals surface area contributed by atoms with Crippen LogP contribution in [0, 0.1) is 27.6 Å². The van der Waals surface area contributed by atoms with Gasteiger partial charge in [-0.05, 0) is 63.2 Å². The largest absolute Gasteiger partial charge is 0.337 e. The average Bonchev–Trinajstić information content (AvgIpc) is 3.34. The second-order valence-corrected chi connectivity index (χ2v) is 9.13. The highest BCUT2D eigenvalue weighted by Crippen LogP contribution is 2.29. The van der Waals surface area contributed by atoms with Gasteiger partial charge in [-0.25, -0.2) is 13.1 Å². The van der Waals surface area contributed by atoms with Crippen molar-refractivity contribution in [1.29, 1.82) is 0 Å². The Morgan fingerprint density at radius 1 is 1.30 bits per heavy atom. The third-order valence-corrected chi connectivity index (χ3v) is 6.64. The van der Waals surface area contributed by atoms with Crippen LogP contribution in [0.4, 0.5) is 11.6 Å². The molecule has 3 rings (SSSR count). The van der Waals surface area contributed by atoms with Gasteiger partial charge >= 0.3 is 0 Å². The van der Waals surface area contributed by atoms with Crippen molar-refractivity contribution in [3.63, 3.8) is 0 Å². The Kier molecular flexibility index (Phi) is 4.49. The van der Waals surface area contributed by atoms with Crippen LogP contribution >= 0.6 is 11.3 Å². The van der Waals surface area contributed by atoms with E-state index in [0.717, 1.165) is 11.3 Å². The molecule has 2 N–H and O–H groups in total. The number of amides is 1. The smallest absolute Gasteiger partial charge is 0.267 e. The minimum atomic E-state index is -4.45. The Morgan fingerprint density at radius 2 is 2.03 bits per heavy atom. The maximum atomic E-state index is 13.1. The van der Waals surface area contributed by atoms with Gasteiger partial charge in [-0.2, -0.15) is 0 Å². The molecular formula is C20H21N3O5S2. The molecule has 2 heterocycles. The Hall–Kier alpha value is -2.98. The Morgan fingerprint density at radius 3 is 2.70 bits per heavy atom. The summed E-state index contributed by atoms with van der Waals surface area (Å²) in [4.78, 5) is 24.5. The molecule has 0 spiro atoms. The van der Waals surface area contributed by atoms with E-state index in [-0.39, 0.29) is 39.2 Å². The minimum absolute atomic E-state index is 0.00112. The van der Waals surface area contributed by atoms with E-state index in [1.807, 2.05) is 0 Å². The van der Waals surface area contributed by atoms with E-state index < -0.39 is 33.6 Å². The Balaban J connectivity index is 1.99. The van der Waals surface area contributed by atoms with E-state index >= 15 is 0 Å². The number of benzene rings is 1. The van der Waals surface area contributed by atoms with Crippen LogP contribution in [0.2, 0.25) is 0 Å². The Labute approximate surface area is 184 Å². The first-order valence-electron chi connectivity index (χ1n) is 10.6. The fourth-order valence-electron chi connectivity index (χ4n) is 2.79. The van der Waals surface area contributed by atoms with Crippen molar-refractivity contribution in [3.05, 3.63) is 56.4 Å². The molecule has 0 fully saturated rings. The van der Waals surface area contributed by atoms with Crippen molar-refractivity contribution >= 4 is 44.6 Å². The van der Waals surface area contributed by atoms with Gasteiger partial charge in [0, 0.05) is 15.2 Å². The summed E-state index contributed by atoms with van der Waals surface area (Å²) in [6, 6.07) is 2.81. The van der Waals surface area contributed by atoms with Crippen LogP contribution in [0.5, 0.6) is 0 Å². The van der Waals surface area contributed by atoms with E-state index in [1.165, 1.54) is 31.4 Å². The molecule has 0 aliphatic rings. The second kappa shape index (κ2) is 8.04. The highest BCUT2D eigenvalue weighted by molar-refractivity contribution is 7.93. The number of thiophene rings is 1. The van der Waals surface area contributed by atoms with Crippen LogP contribution in [0.3, 0.4) is 0 Å². The molecule has 1 amide bonds. The number of carbonyl (C=O) groups is 2. The third-order valence-electron chi connectivity index (χ3n) is 4.22. The summed E-state index contributed by atoms with van der Waals surface area (Å²) in [6.07, 6.45) is 0. The van der Waals surface area contributed by atoms with Gasteiger partial charge < -0.3 is 9.84 Å². The zero-order valence-corrected chi connectivity index (χ0v) is 18.2. The quantitative estimate of drug-likeness (QED) is 0.542. The van der Waals surface area contributed by atoms with Crippen LogP contribution in [-0.4, -0.2) is 25.3 Å². The van der Waals surface area contributed by atoms with Crippen LogP contribution < -0.4 is 10.0 Å². The van der Waals surface area contributed by atoms with Crippen LogP contribution in [0.1, 0.15) is 54.8 Å². The number of rotatable bonds is 6. The standard InChI is InChI=1S/C20H21N3O5S2/c1-10-8-11(2)17(15(9-10)14(5)24)21-19(25)18-16(6-7-29-18)30(26,27)23-20-12(3)13(4)22-28-20/h6-9,23H,1-5H3,(H,21,25)/i3D3,8D. The number of carbonyl (C=O) groups excluding carboxylic acids is 2. The molecule has 1 aromatic carbocycles. The summed E-state index contributed by atoms with van der Waals surface area (Å²) >= 11 is 0.836. The third kappa shape index (κ3) is 4.14. The first-order valence-corrected chi connectivity index (χ1v) is 11.0. The number of hydrogen-bond acceptors (Lipinski definition) is 7. The lowest BCUT2D eigenvalue weighted by atomic mass is 10.0. The van der Waals surface area contributed by atoms with Gasteiger partial charge in [-0.3, -0.25) is 9.59 Å². The monoisotopic (exact) mass is 451 g/mol. The van der Waals surface area contributed by atoms with E-state index in [0.29, 0.717) is 11.1 Å². The normalized spacial score (nSPS) is 13.7. The Bertz CT molecular complexity index is 1410. The number of Topliss-reactive ketones (excluding diaryl/α,β-unsaturated/α-hetero) is 1. The van der Waals surface area contributed by atoms with Crippen molar-refractivity contribution in [1.82, 2.24) is 5.16 Å². The van der Waals surface area contributed by atoms with Crippen molar-refractivity contribution in [2.24, 2.45) is 0 Å². The second-order valence-electron chi connectivity index (χ2n) is 6.57. The van der Waals surface area contributed by atoms with E-state index in [1.54, 1.807) is 13.8 Å². The van der Waals surface area contributed by atoms with Gasteiger partial charge in [-0.1, -0.05) is 11.2 Å². The van der Waals surface area contributed by atoms with Gasteiger partial charge in [0.05, 0.1) is 12.8 Å². The lowest BCUT2D eigenvalue weighted by Gasteiger charge is -2.14. The highest BCUT2D eigenvalue weighted by atomic mass is 32.2. The van der Waals surface area contributed by atoms with E-state index in [9.17, 15) is 18.0 Å². The van der Waals surface area contributed by atoms with E-state index in [4.69, 9.17) is 10.0 Å². The SMILES string of the molecule is [2H]c1c(C)cc(C(C)=O)c(NC(=O)c2sccc2S(=O)(=O)Nc2onc(C)c2C([2H])([2H])[2H])c1C. The summed E-state index contributed by atoms with van der Waals surface area (Å²) in [6.45, 7) is 3.25. The number of hydrogen-bond donors (Lipinski definition) is 2. The van der Waals surface area contributed by atoms with Gasteiger partial charge in [0.15, 0.2) is 5.78 Å². The number of nitrogens with zero attached hydrogens (tertiary/aromatic N) is 1. The van der Waals surface area contributed by atoms with Crippen molar-refractivity contribution in [2.45, 2.75) is 39.4 Å². The molecule has 0 unspecified atom stereocenters. The molecule has 0 saturated carbocycles. The molecule has 3 aromatic rings. The first kappa shape index (κ1) is 16.8. The summed E-state index contributed by atoms with van der Waals surface area (Å²) in [5.41, 5.74) is 0.834. The zero-order chi connectivity index (χ0) is 25.6. The lowest BCUT2D eigenvalue weighted by molar-refractivity contribution is 0.101. The molecule has 8 nitrogen and oxygen atoms in total. The average molecular weight is 452 g/mol. The molecule has 0 radical (unpaired) electrons. The molecule has 2 aromatic heterocycles. The predicted molar refractivity (Wildman–Crippen MR) is 115 cm³/mol. The summed E-state index contributed by atoms with van der Waals surface area (Å²) in [5.74, 6) is -1.71. The number of anilines is 2. The fourth-order valence-corrected chi connectivity index (χ4v) is 5.10. The van der Waals surface area contributed by atoms with Gasteiger partial charge in [0.25, 0.3) is 15.9 Å². The van der Waals surface area contributed by atoms with Crippen LogP contribution in [0.25, 0.3) is 0 Å². The molecule has 0 aliphatic carbocycles. The number of ketones is 1. The minimum Gasteiger partial charge on any atom is -0.337 e.